The van der Waals surface area contributed by atoms with Crippen molar-refractivity contribution >= 4 is 0 Å². The first-order chi connectivity index (χ1) is 18.3. The van der Waals surface area contributed by atoms with E-state index >= 15 is 0 Å². The number of rotatable bonds is 6. The molecule has 2 aromatic heterocycles. The van der Waals surface area contributed by atoms with Gasteiger partial charge in [-0.25, -0.2) is 9.97 Å². The van der Waals surface area contributed by atoms with Crippen LogP contribution >= 0.6 is 0 Å². The van der Waals surface area contributed by atoms with Gasteiger partial charge < -0.3 is 9.47 Å². The SMILES string of the molecule is COc1ccc(-c2nn(-c3nc(-c4ccccc4)cc(C(F)(F)F)n3)c(-c3ccc(OC)cc3)c2C)cc1. The van der Waals surface area contributed by atoms with Crippen LogP contribution in [-0.4, -0.2) is 34.0 Å². The van der Waals surface area contributed by atoms with E-state index in [0.717, 1.165) is 22.8 Å². The van der Waals surface area contributed by atoms with Crippen molar-refractivity contribution in [3.63, 3.8) is 0 Å². The van der Waals surface area contributed by atoms with Gasteiger partial charge in [-0.05, 0) is 61.5 Å². The molecule has 0 fully saturated rings. The zero-order chi connectivity index (χ0) is 26.9. The van der Waals surface area contributed by atoms with Gasteiger partial charge in [0.15, 0.2) is 5.69 Å². The molecule has 0 radical (unpaired) electrons. The van der Waals surface area contributed by atoms with Gasteiger partial charge in [-0.15, -0.1) is 0 Å². The highest BCUT2D eigenvalue weighted by Crippen LogP contribution is 2.36. The molecule has 38 heavy (non-hydrogen) atoms. The molecule has 0 aliphatic carbocycles. The average molecular weight is 517 g/mol. The van der Waals surface area contributed by atoms with Crippen molar-refractivity contribution in [2.45, 2.75) is 13.1 Å². The molecular formula is C29H23F3N4O2. The Hall–Kier alpha value is -4.66. The standard InChI is InChI=1S/C29H23F3N4O2/c1-18-26(20-9-13-22(37-2)14-10-20)35-36(27(18)21-11-15-23(38-3)16-12-21)28-33-24(19-7-5-4-6-8-19)17-25(34-28)29(30,31)32/h4-17H,1-3H3. The second-order valence-corrected chi connectivity index (χ2v) is 8.49. The maximum Gasteiger partial charge on any atom is 0.433 e. The van der Waals surface area contributed by atoms with Crippen LogP contribution in [0.4, 0.5) is 13.2 Å². The lowest BCUT2D eigenvalue weighted by atomic mass is 10.0. The van der Waals surface area contributed by atoms with Gasteiger partial charge in [0, 0.05) is 22.3 Å². The number of methoxy groups -OCH3 is 2. The van der Waals surface area contributed by atoms with Crippen molar-refractivity contribution in [2.75, 3.05) is 14.2 Å². The van der Waals surface area contributed by atoms with Crippen molar-refractivity contribution in [1.82, 2.24) is 19.7 Å². The molecule has 3 aromatic carbocycles. The summed E-state index contributed by atoms with van der Waals surface area (Å²) in [5, 5.41) is 4.73. The molecule has 5 rings (SSSR count). The van der Waals surface area contributed by atoms with E-state index < -0.39 is 11.9 Å². The van der Waals surface area contributed by atoms with Crippen LogP contribution in [0.5, 0.6) is 11.5 Å². The molecule has 0 amide bonds. The van der Waals surface area contributed by atoms with E-state index in [-0.39, 0.29) is 11.6 Å². The molecule has 0 N–H and O–H groups in total. The minimum atomic E-state index is -4.68. The third kappa shape index (κ3) is 4.82. The maximum absolute atomic E-state index is 14.0. The number of halogens is 3. The summed E-state index contributed by atoms with van der Waals surface area (Å²) in [5.74, 6) is 1.14. The van der Waals surface area contributed by atoms with Crippen LogP contribution in [-0.2, 0) is 6.18 Å². The number of alkyl halides is 3. The summed E-state index contributed by atoms with van der Waals surface area (Å²) in [5.41, 5.74) is 3.01. The Morgan fingerprint density at radius 2 is 1.29 bits per heavy atom. The highest BCUT2D eigenvalue weighted by molar-refractivity contribution is 5.76. The topological polar surface area (TPSA) is 62.1 Å². The van der Waals surface area contributed by atoms with Crippen LogP contribution in [0.1, 0.15) is 11.3 Å². The normalized spacial score (nSPS) is 11.4. The third-order valence-electron chi connectivity index (χ3n) is 6.11. The largest absolute Gasteiger partial charge is 0.497 e. The number of ether oxygens (including phenoxy) is 2. The summed E-state index contributed by atoms with van der Waals surface area (Å²) in [4.78, 5) is 8.44. The molecule has 2 heterocycles. The summed E-state index contributed by atoms with van der Waals surface area (Å²) in [6, 6.07) is 24.1. The van der Waals surface area contributed by atoms with Gasteiger partial charge in [0.1, 0.15) is 11.5 Å². The van der Waals surface area contributed by atoms with Crippen LogP contribution < -0.4 is 9.47 Å². The van der Waals surface area contributed by atoms with Crippen LogP contribution in [0.25, 0.3) is 39.7 Å². The van der Waals surface area contributed by atoms with E-state index in [1.807, 2.05) is 31.2 Å². The predicted molar refractivity (Wildman–Crippen MR) is 138 cm³/mol. The molecule has 0 atom stereocenters. The Kier molecular flexibility index (Phi) is 6.59. The van der Waals surface area contributed by atoms with Crippen LogP contribution in [0.3, 0.4) is 0 Å². The molecule has 0 aliphatic rings. The minimum absolute atomic E-state index is 0.141. The average Bonchev–Trinajstić information content (AvgIpc) is 3.29. The lowest BCUT2D eigenvalue weighted by molar-refractivity contribution is -0.141. The summed E-state index contributed by atoms with van der Waals surface area (Å²) in [6.07, 6.45) is -4.68. The summed E-state index contributed by atoms with van der Waals surface area (Å²) >= 11 is 0. The highest BCUT2D eigenvalue weighted by Gasteiger charge is 2.34. The van der Waals surface area contributed by atoms with E-state index in [9.17, 15) is 13.2 Å². The van der Waals surface area contributed by atoms with Gasteiger partial charge in [-0.1, -0.05) is 30.3 Å². The van der Waals surface area contributed by atoms with Crippen LogP contribution in [0.15, 0.2) is 84.9 Å². The van der Waals surface area contributed by atoms with Gasteiger partial charge in [0.2, 0.25) is 0 Å². The minimum Gasteiger partial charge on any atom is -0.497 e. The van der Waals surface area contributed by atoms with Gasteiger partial charge >= 0.3 is 6.18 Å². The molecule has 0 aliphatic heterocycles. The fraction of sp³-hybridized carbons (Fsp3) is 0.138. The molecular weight excluding hydrogens is 493 g/mol. The fourth-order valence-corrected chi connectivity index (χ4v) is 4.18. The molecule has 5 aromatic rings. The first-order valence-corrected chi connectivity index (χ1v) is 11.7. The second kappa shape index (κ2) is 10.0. The van der Waals surface area contributed by atoms with Crippen molar-refractivity contribution in [1.29, 1.82) is 0 Å². The smallest absolute Gasteiger partial charge is 0.433 e. The number of benzene rings is 3. The third-order valence-corrected chi connectivity index (χ3v) is 6.11. The van der Waals surface area contributed by atoms with Crippen LogP contribution in [0, 0.1) is 6.92 Å². The molecule has 0 saturated carbocycles. The molecule has 9 heteroatoms. The number of hydrogen-bond acceptors (Lipinski definition) is 5. The van der Waals surface area contributed by atoms with Gasteiger partial charge in [-0.2, -0.15) is 23.0 Å². The summed E-state index contributed by atoms with van der Waals surface area (Å²) < 4.78 is 53.8. The zero-order valence-corrected chi connectivity index (χ0v) is 20.8. The Morgan fingerprint density at radius 3 is 1.84 bits per heavy atom. The number of aromatic nitrogens is 4. The maximum atomic E-state index is 14.0. The van der Waals surface area contributed by atoms with Crippen molar-refractivity contribution < 1.29 is 22.6 Å². The number of nitrogens with zero attached hydrogens (tertiary/aromatic N) is 4. The predicted octanol–water partition coefficient (Wildman–Crippen LogP) is 7.01. The monoisotopic (exact) mass is 516 g/mol. The van der Waals surface area contributed by atoms with Crippen molar-refractivity contribution in [2.24, 2.45) is 0 Å². The Balaban J connectivity index is 1.77. The van der Waals surface area contributed by atoms with E-state index in [1.54, 1.807) is 68.8 Å². The molecule has 192 valence electrons. The summed E-state index contributed by atoms with van der Waals surface area (Å²) in [6.45, 7) is 1.87. The molecule has 6 nitrogen and oxygen atoms in total. The second-order valence-electron chi connectivity index (χ2n) is 8.49. The van der Waals surface area contributed by atoms with E-state index in [2.05, 4.69) is 9.97 Å². The van der Waals surface area contributed by atoms with E-state index in [0.29, 0.717) is 28.5 Å². The lowest BCUT2D eigenvalue weighted by Crippen LogP contribution is -2.14. The molecule has 0 bridgehead atoms. The van der Waals surface area contributed by atoms with Crippen molar-refractivity contribution in [3.8, 4) is 51.2 Å². The molecule has 0 saturated heterocycles. The first-order valence-electron chi connectivity index (χ1n) is 11.7. The molecule has 0 spiro atoms. The van der Waals surface area contributed by atoms with Gasteiger partial charge in [0.25, 0.3) is 5.95 Å². The number of hydrogen-bond donors (Lipinski definition) is 0. The fourth-order valence-electron chi connectivity index (χ4n) is 4.18. The quantitative estimate of drug-likeness (QED) is 0.243. The Bertz CT molecular complexity index is 1560. The molecule has 0 unspecified atom stereocenters. The summed E-state index contributed by atoms with van der Waals surface area (Å²) in [7, 11) is 3.14. The Labute approximate surface area is 217 Å². The lowest BCUT2D eigenvalue weighted by Gasteiger charge is -2.13. The van der Waals surface area contributed by atoms with Crippen molar-refractivity contribution in [3.05, 3.63) is 96.2 Å². The highest BCUT2D eigenvalue weighted by atomic mass is 19.4. The van der Waals surface area contributed by atoms with E-state index in [4.69, 9.17) is 14.6 Å². The zero-order valence-electron chi connectivity index (χ0n) is 20.8. The van der Waals surface area contributed by atoms with Gasteiger partial charge in [-0.3, -0.25) is 0 Å². The van der Waals surface area contributed by atoms with E-state index in [1.165, 1.54) is 4.68 Å². The van der Waals surface area contributed by atoms with Crippen LogP contribution in [0.2, 0.25) is 0 Å². The van der Waals surface area contributed by atoms with Gasteiger partial charge in [0.05, 0.1) is 31.3 Å². The first kappa shape index (κ1) is 25.0. The Morgan fingerprint density at radius 1 is 0.711 bits per heavy atom.